The first-order valence-electron chi connectivity index (χ1n) is 5.65. The number of aryl methyl sites for hydroxylation is 1. The number of sulfone groups is 1. The van der Waals surface area contributed by atoms with E-state index in [0.717, 1.165) is 5.56 Å². The Hall–Kier alpha value is -1.56. The van der Waals surface area contributed by atoms with Crippen LogP contribution in [0, 0.1) is 6.92 Å². The summed E-state index contributed by atoms with van der Waals surface area (Å²) in [7, 11) is -3.04. The molecule has 0 radical (unpaired) electrons. The maximum absolute atomic E-state index is 11.9. The summed E-state index contributed by atoms with van der Waals surface area (Å²) in [5.74, 6) is -0.511. The van der Waals surface area contributed by atoms with Crippen LogP contribution in [0.3, 0.4) is 0 Å². The summed E-state index contributed by atoms with van der Waals surface area (Å²) in [5.41, 5.74) is 7.24. The van der Waals surface area contributed by atoms with E-state index < -0.39 is 21.9 Å². The Morgan fingerprint density at radius 2 is 2.17 bits per heavy atom. The Kier molecular flexibility index (Phi) is 3.30. The number of ether oxygens (including phenoxy) is 1. The van der Waals surface area contributed by atoms with Gasteiger partial charge in [-0.15, -0.1) is 0 Å². The highest BCUT2D eigenvalue weighted by molar-refractivity contribution is 7.91. The summed E-state index contributed by atoms with van der Waals surface area (Å²) in [4.78, 5) is 11.9. The molecule has 1 atom stereocenters. The molecule has 2 N–H and O–H groups in total. The van der Waals surface area contributed by atoms with Crippen LogP contribution >= 0.6 is 0 Å². The fourth-order valence-corrected chi connectivity index (χ4v) is 3.52. The Bertz CT molecular complexity index is 580. The lowest BCUT2D eigenvalue weighted by atomic mass is 10.1. The second-order valence-electron chi connectivity index (χ2n) is 4.50. The maximum atomic E-state index is 11.9. The van der Waals surface area contributed by atoms with Crippen LogP contribution in [-0.2, 0) is 14.6 Å². The summed E-state index contributed by atoms with van der Waals surface area (Å²) in [6.07, 6.45) is -0.168. The molecule has 0 aliphatic carbocycles. The standard InChI is InChI=1S/C12H15NO4S/c1-8-2-3-9(13)6-11(8)12(14)17-10-4-5-18(15,16)7-10/h2-3,6,10H,4-5,7,13H2,1H3. The Morgan fingerprint density at radius 3 is 2.78 bits per heavy atom. The average Bonchev–Trinajstić information content (AvgIpc) is 2.61. The van der Waals surface area contributed by atoms with Crippen LogP contribution < -0.4 is 5.73 Å². The van der Waals surface area contributed by atoms with E-state index >= 15 is 0 Å². The molecule has 1 aromatic rings. The minimum atomic E-state index is -3.04. The van der Waals surface area contributed by atoms with E-state index in [9.17, 15) is 13.2 Å². The van der Waals surface area contributed by atoms with E-state index in [4.69, 9.17) is 10.5 Å². The van der Waals surface area contributed by atoms with E-state index in [1.807, 2.05) is 0 Å². The smallest absolute Gasteiger partial charge is 0.338 e. The van der Waals surface area contributed by atoms with Gasteiger partial charge in [0.1, 0.15) is 6.10 Å². The molecule has 1 saturated heterocycles. The largest absolute Gasteiger partial charge is 0.458 e. The van der Waals surface area contributed by atoms with Gasteiger partial charge in [-0.25, -0.2) is 13.2 Å². The van der Waals surface area contributed by atoms with Gasteiger partial charge >= 0.3 is 5.97 Å². The molecule has 1 aliphatic heterocycles. The number of carbonyl (C=O) groups is 1. The van der Waals surface area contributed by atoms with Crippen molar-refractivity contribution in [3.8, 4) is 0 Å². The summed E-state index contributed by atoms with van der Waals surface area (Å²) >= 11 is 0. The van der Waals surface area contributed by atoms with Crippen molar-refractivity contribution in [1.82, 2.24) is 0 Å². The minimum absolute atomic E-state index is 0.0832. The molecule has 1 unspecified atom stereocenters. The molecule has 0 amide bonds. The van der Waals surface area contributed by atoms with Crippen LogP contribution in [0.25, 0.3) is 0 Å². The number of rotatable bonds is 2. The predicted molar refractivity (Wildman–Crippen MR) is 68.1 cm³/mol. The molecule has 0 bridgehead atoms. The molecule has 0 aromatic heterocycles. The van der Waals surface area contributed by atoms with E-state index in [0.29, 0.717) is 17.7 Å². The summed E-state index contributed by atoms with van der Waals surface area (Å²) in [5, 5.41) is 0. The highest BCUT2D eigenvalue weighted by Gasteiger charge is 2.31. The average molecular weight is 269 g/mol. The molecule has 1 fully saturated rings. The third kappa shape index (κ3) is 2.81. The Balaban J connectivity index is 2.11. The molecule has 1 aromatic carbocycles. The number of esters is 1. The van der Waals surface area contributed by atoms with Gasteiger partial charge in [-0.2, -0.15) is 0 Å². The van der Waals surface area contributed by atoms with Crippen LogP contribution in [-0.4, -0.2) is 32.0 Å². The molecule has 1 heterocycles. The van der Waals surface area contributed by atoms with Crippen LogP contribution in [0.15, 0.2) is 18.2 Å². The number of hydrogen-bond donors (Lipinski definition) is 1. The van der Waals surface area contributed by atoms with E-state index in [1.54, 1.807) is 25.1 Å². The topological polar surface area (TPSA) is 86.5 Å². The fourth-order valence-electron chi connectivity index (χ4n) is 1.93. The number of nitrogen functional groups attached to an aromatic ring is 1. The number of carbonyl (C=O) groups excluding carboxylic acids is 1. The maximum Gasteiger partial charge on any atom is 0.338 e. The molecule has 98 valence electrons. The first kappa shape index (κ1) is 12.9. The molecule has 0 saturated carbocycles. The zero-order valence-electron chi connectivity index (χ0n) is 10.0. The highest BCUT2D eigenvalue weighted by Crippen LogP contribution is 2.19. The molecule has 1 aliphatic rings. The van der Waals surface area contributed by atoms with Crippen molar-refractivity contribution in [3.63, 3.8) is 0 Å². The second kappa shape index (κ2) is 4.61. The number of hydrogen-bond acceptors (Lipinski definition) is 5. The third-order valence-corrected chi connectivity index (χ3v) is 4.68. The molecular formula is C12H15NO4S. The Labute approximate surface area is 106 Å². The fraction of sp³-hybridized carbons (Fsp3) is 0.417. The first-order chi connectivity index (χ1) is 8.37. The van der Waals surface area contributed by atoms with Gasteiger partial charge < -0.3 is 10.5 Å². The van der Waals surface area contributed by atoms with Crippen molar-refractivity contribution in [2.45, 2.75) is 19.4 Å². The van der Waals surface area contributed by atoms with Gasteiger partial charge in [0, 0.05) is 5.69 Å². The summed E-state index contributed by atoms with van der Waals surface area (Å²) < 4.78 is 27.7. The van der Waals surface area contributed by atoms with Gasteiger partial charge in [0.25, 0.3) is 0 Å². The molecule has 2 rings (SSSR count). The second-order valence-corrected chi connectivity index (χ2v) is 6.73. The third-order valence-electron chi connectivity index (χ3n) is 2.95. The summed E-state index contributed by atoms with van der Waals surface area (Å²) in [6.45, 7) is 1.78. The van der Waals surface area contributed by atoms with E-state index in [2.05, 4.69) is 0 Å². The van der Waals surface area contributed by atoms with Crippen molar-refractivity contribution in [2.24, 2.45) is 0 Å². The van der Waals surface area contributed by atoms with E-state index in [-0.39, 0.29) is 11.5 Å². The Morgan fingerprint density at radius 1 is 1.44 bits per heavy atom. The molecular weight excluding hydrogens is 254 g/mol. The molecule has 0 spiro atoms. The van der Waals surface area contributed by atoms with Gasteiger partial charge in [0.05, 0.1) is 17.1 Å². The SMILES string of the molecule is Cc1ccc(N)cc1C(=O)OC1CCS(=O)(=O)C1. The zero-order valence-corrected chi connectivity index (χ0v) is 10.9. The van der Waals surface area contributed by atoms with Crippen molar-refractivity contribution in [3.05, 3.63) is 29.3 Å². The van der Waals surface area contributed by atoms with Gasteiger partial charge in [-0.3, -0.25) is 0 Å². The van der Waals surface area contributed by atoms with Gasteiger partial charge in [-0.05, 0) is 31.0 Å². The van der Waals surface area contributed by atoms with Crippen LogP contribution in [0.1, 0.15) is 22.3 Å². The van der Waals surface area contributed by atoms with Crippen LogP contribution in [0.5, 0.6) is 0 Å². The normalized spacial score (nSPS) is 21.7. The van der Waals surface area contributed by atoms with Crippen molar-refractivity contribution < 1.29 is 17.9 Å². The first-order valence-corrected chi connectivity index (χ1v) is 7.47. The van der Waals surface area contributed by atoms with E-state index in [1.165, 1.54) is 0 Å². The quantitative estimate of drug-likeness (QED) is 0.637. The van der Waals surface area contributed by atoms with Crippen LogP contribution in [0.4, 0.5) is 5.69 Å². The number of nitrogens with two attached hydrogens (primary N) is 1. The lowest BCUT2D eigenvalue weighted by Gasteiger charge is -2.12. The molecule has 6 heteroatoms. The lowest BCUT2D eigenvalue weighted by molar-refractivity contribution is 0.0355. The molecule has 18 heavy (non-hydrogen) atoms. The number of anilines is 1. The predicted octanol–water partition coefficient (Wildman–Crippen LogP) is 0.921. The van der Waals surface area contributed by atoms with Gasteiger partial charge in [-0.1, -0.05) is 6.07 Å². The van der Waals surface area contributed by atoms with Gasteiger partial charge in [0.2, 0.25) is 0 Å². The van der Waals surface area contributed by atoms with Gasteiger partial charge in [0.15, 0.2) is 9.84 Å². The number of benzene rings is 1. The summed E-state index contributed by atoms with van der Waals surface area (Å²) in [6, 6.07) is 4.98. The minimum Gasteiger partial charge on any atom is -0.458 e. The molecule has 5 nitrogen and oxygen atoms in total. The van der Waals surface area contributed by atoms with Crippen molar-refractivity contribution in [2.75, 3.05) is 17.2 Å². The van der Waals surface area contributed by atoms with Crippen molar-refractivity contribution >= 4 is 21.5 Å². The monoisotopic (exact) mass is 269 g/mol. The highest BCUT2D eigenvalue weighted by atomic mass is 32.2. The van der Waals surface area contributed by atoms with Crippen molar-refractivity contribution in [1.29, 1.82) is 0 Å². The zero-order chi connectivity index (χ0) is 13.3. The van der Waals surface area contributed by atoms with Crippen LogP contribution in [0.2, 0.25) is 0 Å². The lowest BCUT2D eigenvalue weighted by Crippen LogP contribution is -2.20.